The SMILES string of the molecule is NCCOCCCC(=O)[C@H](CC(=O)NCCOCCN)NC(=O)CCCCC1CCSS1. The van der Waals surface area contributed by atoms with Gasteiger partial charge in [-0.2, -0.15) is 0 Å². The molecule has 1 saturated heterocycles. The van der Waals surface area contributed by atoms with Gasteiger partial charge in [0.05, 0.1) is 32.3 Å². The van der Waals surface area contributed by atoms with Gasteiger partial charge in [0.2, 0.25) is 11.8 Å². The lowest BCUT2D eigenvalue weighted by molar-refractivity contribution is -0.131. The average molecular weight is 493 g/mol. The highest BCUT2D eigenvalue weighted by Crippen LogP contribution is 2.39. The maximum Gasteiger partial charge on any atom is 0.222 e. The predicted molar refractivity (Wildman–Crippen MR) is 130 cm³/mol. The van der Waals surface area contributed by atoms with Gasteiger partial charge in [0.1, 0.15) is 0 Å². The number of Topliss-reactive ketones (excluding diaryl/α,β-unsaturated/α-hetero) is 1. The van der Waals surface area contributed by atoms with E-state index in [4.69, 9.17) is 20.9 Å². The molecule has 1 fully saturated rings. The van der Waals surface area contributed by atoms with Gasteiger partial charge >= 0.3 is 0 Å². The Balaban J connectivity index is 2.39. The third-order valence-corrected chi connectivity index (χ3v) is 7.83. The minimum Gasteiger partial charge on any atom is -0.380 e. The molecule has 1 rings (SSSR count). The summed E-state index contributed by atoms with van der Waals surface area (Å²) in [4.78, 5) is 37.3. The highest BCUT2D eigenvalue weighted by atomic mass is 33.1. The number of nitrogens with one attached hydrogen (secondary N) is 2. The van der Waals surface area contributed by atoms with Crippen LogP contribution in [0.15, 0.2) is 0 Å². The number of amides is 2. The van der Waals surface area contributed by atoms with Gasteiger partial charge in [-0.05, 0) is 25.7 Å². The quantitative estimate of drug-likeness (QED) is 0.144. The zero-order valence-electron chi connectivity index (χ0n) is 19.0. The minimum atomic E-state index is -0.830. The normalized spacial score (nSPS) is 16.6. The van der Waals surface area contributed by atoms with E-state index in [1.54, 1.807) is 0 Å². The van der Waals surface area contributed by atoms with Gasteiger partial charge in [-0.3, -0.25) is 14.4 Å². The van der Waals surface area contributed by atoms with E-state index in [1.165, 1.54) is 12.2 Å². The summed E-state index contributed by atoms with van der Waals surface area (Å²) in [6.45, 7) is 2.83. The molecule has 1 unspecified atom stereocenters. The number of ketones is 1. The lowest BCUT2D eigenvalue weighted by Gasteiger charge is -2.18. The molecule has 2 amide bonds. The van der Waals surface area contributed by atoms with Crippen LogP contribution < -0.4 is 22.1 Å². The van der Waals surface area contributed by atoms with E-state index in [2.05, 4.69) is 10.6 Å². The number of rotatable bonds is 20. The zero-order chi connectivity index (χ0) is 23.4. The number of carbonyl (C=O) groups is 3. The van der Waals surface area contributed by atoms with Crippen molar-refractivity contribution in [3.63, 3.8) is 0 Å². The summed E-state index contributed by atoms with van der Waals surface area (Å²) in [5.41, 5.74) is 10.7. The van der Waals surface area contributed by atoms with Crippen LogP contribution in [-0.2, 0) is 23.9 Å². The predicted octanol–water partition coefficient (Wildman–Crippen LogP) is 0.992. The molecule has 2 atom stereocenters. The Hall–Kier alpha value is -0.850. The van der Waals surface area contributed by atoms with E-state index >= 15 is 0 Å². The van der Waals surface area contributed by atoms with Crippen molar-refractivity contribution in [2.45, 2.75) is 62.7 Å². The number of hydrogen-bond donors (Lipinski definition) is 4. The van der Waals surface area contributed by atoms with Crippen LogP contribution >= 0.6 is 21.6 Å². The maximum absolute atomic E-state index is 12.6. The molecular formula is C21H40N4O5S2. The van der Waals surface area contributed by atoms with E-state index in [-0.39, 0.29) is 30.4 Å². The van der Waals surface area contributed by atoms with E-state index in [0.29, 0.717) is 64.2 Å². The van der Waals surface area contributed by atoms with Gasteiger partial charge in [0, 0.05) is 50.1 Å². The van der Waals surface area contributed by atoms with Crippen LogP contribution in [0.2, 0.25) is 0 Å². The molecule has 0 spiro atoms. The summed E-state index contributed by atoms with van der Waals surface area (Å²) in [6.07, 6.45) is 5.17. The molecule has 9 nitrogen and oxygen atoms in total. The van der Waals surface area contributed by atoms with Crippen molar-refractivity contribution in [2.75, 3.05) is 51.8 Å². The molecule has 1 aliphatic rings. The van der Waals surface area contributed by atoms with E-state index in [0.717, 1.165) is 19.3 Å². The topological polar surface area (TPSA) is 146 Å². The zero-order valence-corrected chi connectivity index (χ0v) is 20.6. The third-order valence-electron chi connectivity index (χ3n) is 4.83. The van der Waals surface area contributed by atoms with Crippen molar-refractivity contribution in [1.29, 1.82) is 0 Å². The number of ether oxygens (including phenoxy) is 2. The van der Waals surface area contributed by atoms with Crippen LogP contribution in [0.3, 0.4) is 0 Å². The van der Waals surface area contributed by atoms with Gasteiger partial charge in [0.25, 0.3) is 0 Å². The fourth-order valence-corrected chi connectivity index (χ4v) is 6.18. The second-order valence-corrected chi connectivity index (χ2v) is 10.4. The fourth-order valence-electron chi connectivity index (χ4n) is 3.15. The van der Waals surface area contributed by atoms with E-state index in [1.807, 2.05) is 21.6 Å². The summed E-state index contributed by atoms with van der Waals surface area (Å²) in [5, 5.41) is 6.18. The molecule has 0 aromatic heterocycles. The summed E-state index contributed by atoms with van der Waals surface area (Å²) < 4.78 is 10.5. The molecule has 6 N–H and O–H groups in total. The highest BCUT2D eigenvalue weighted by Gasteiger charge is 2.23. The van der Waals surface area contributed by atoms with Crippen LogP contribution in [0.25, 0.3) is 0 Å². The molecule has 32 heavy (non-hydrogen) atoms. The van der Waals surface area contributed by atoms with Crippen molar-refractivity contribution in [2.24, 2.45) is 11.5 Å². The van der Waals surface area contributed by atoms with Gasteiger partial charge in [-0.15, -0.1) is 0 Å². The first-order valence-electron chi connectivity index (χ1n) is 11.5. The maximum atomic E-state index is 12.6. The molecule has 1 heterocycles. The molecule has 11 heteroatoms. The van der Waals surface area contributed by atoms with Crippen LogP contribution in [0, 0.1) is 0 Å². The lowest BCUT2D eigenvalue weighted by atomic mass is 10.0. The second kappa shape index (κ2) is 19.6. The van der Waals surface area contributed by atoms with Crippen LogP contribution in [-0.4, -0.2) is 80.7 Å². The highest BCUT2D eigenvalue weighted by molar-refractivity contribution is 8.77. The average Bonchev–Trinajstić information content (AvgIpc) is 3.29. The smallest absolute Gasteiger partial charge is 0.222 e. The Labute approximate surface area is 199 Å². The van der Waals surface area contributed by atoms with Crippen molar-refractivity contribution in [3.8, 4) is 0 Å². The fraction of sp³-hybridized carbons (Fsp3) is 0.857. The first-order chi connectivity index (χ1) is 15.6. The lowest BCUT2D eigenvalue weighted by Crippen LogP contribution is -2.44. The number of unbranched alkanes of at least 4 members (excludes halogenated alkanes) is 1. The summed E-state index contributed by atoms with van der Waals surface area (Å²) in [5.74, 6) is 0.562. The molecule has 0 aliphatic carbocycles. The van der Waals surface area contributed by atoms with Crippen molar-refractivity contribution in [3.05, 3.63) is 0 Å². The van der Waals surface area contributed by atoms with Crippen LogP contribution in [0.4, 0.5) is 0 Å². The van der Waals surface area contributed by atoms with Gasteiger partial charge in [0.15, 0.2) is 5.78 Å². The van der Waals surface area contributed by atoms with Crippen LogP contribution in [0.1, 0.15) is 51.4 Å². The summed E-state index contributed by atoms with van der Waals surface area (Å²) >= 11 is 0. The number of hydrogen-bond acceptors (Lipinski definition) is 9. The Kier molecular flexibility index (Phi) is 17.9. The molecule has 0 aromatic carbocycles. The van der Waals surface area contributed by atoms with E-state index in [9.17, 15) is 14.4 Å². The minimum absolute atomic E-state index is 0.0823. The number of nitrogens with two attached hydrogens (primary N) is 2. The van der Waals surface area contributed by atoms with Crippen molar-refractivity contribution in [1.82, 2.24) is 10.6 Å². The van der Waals surface area contributed by atoms with Crippen molar-refractivity contribution < 1.29 is 23.9 Å². The molecule has 1 aliphatic heterocycles. The monoisotopic (exact) mass is 492 g/mol. The molecule has 186 valence electrons. The van der Waals surface area contributed by atoms with Gasteiger partial charge in [-0.1, -0.05) is 28.0 Å². The van der Waals surface area contributed by atoms with Crippen LogP contribution in [0.5, 0.6) is 0 Å². The standard InChI is InChI=1S/C21H40N4O5S2/c22-8-12-29-11-3-5-19(26)18(16-21(28)24-10-14-30-13-9-23)25-20(27)6-2-1-4-17-7-15-31-32-17/h17-18H,1-16,22-23H2,(H,24,28)(H,25,27)/t17?,18-/m0/s1. The first-order valence-corrected chi connectivity index (χ1v) is 13.9. The molecule has 0 saturated carbocycles. The summed E-state index contributed by atoms with van der Waals surface area (Å²) in [7, 11) is 3.86. The summed E-state index contributed by atoms with van der Waals surface area (Å²) in [6, 6.07) is -0.830. The van der Waals surface area contributed by atoms with Gasteiger partial charge in [-0.25, -0.2) is 0 Å². The second-order valence-electron chi connectivity index (χ2n) is 7.62. The van der Waals surface area contributed by atoms with Gasteiger partial charge < -0.3 is 31.6 Å². The Morgan fingerprint density at radius 1 is 0.938 bits per heavy atom. The molecule has 0 bridgehead atoms. The molecule has 0 radical (unpaired) electrons. The molecular weight excluding hydrogens is 452 g/mol. The Bertz CT molecular complexity index is 536. The third kappa shape index (κ3) is 15.1. The van der Waals surface area contributed by atoms with E-state index < -0.39 is 6.04 Å². The Morgan fingerprint density at radius 3 is 2.38 bits per heavy atom. The Morgan fingerprint density at radius 2 is 1.69 bits per heavy atom. The number of carbonyl (C=O) groups excluding carboxylic acids is 3. The van der Waals surface area contributed by atoms with Crippen molar-refractivity contribution >= 4 is 39.2 Å². The largest absolute Gasteiger partial charge is 0.380 e. The molecule has 0 aromatic rings. The first kappa shape index (κ1) is 29.2.